The van der Waals surface area contributed by atoms with Crippen LogP contribution in [0.3, 0.4) is 0 Å². The lowest BCUT2D eigenvalue weighted by Crippen LogP contribution is -2.30. The van der Waals surface area contributed by atoms with Crippen molar-refractivity contribution in [3.8, 4) is 0 Å². The van der Waals surface area contributed by atoms with Gasteiger partial charge in [-0.05, 0) is 24.3 Å². The van der Waals surface area contributed by atoms with Gasteiger partial charge in [0.2, 0.25) is 0 Å². The SMILES string of the molecule is C=CC(C)(CCC(C)C)CNCC. The topological polar surface area (TPSA) is 12.0 Å². The summed E-state index contributed by atoms with van der Waals surface area (Å²) < 4.78 is 0. The van der Waals surface area contributed by atoms with E-state index in [0.717, 1.165) is 19.0 Å². The third-order valence-electron chi connectivity index (χ3n) is 2.56. The molecular formula is C12H25N. The predicted molar refractivity (Wildman–Crippen MR) is 60.9 cm³/mol. The highest BCUT2D eigenvalue weighted by Gasteiger charge is 2.19. The van der Waals surface area contributed by atoms with Crippen LogP contribution in [-0.4, -0.2) is 13.1 Å². The summed E-state index contributed by atoms with van der Waals surface area (Å²) in [5.74, 6) is 0.793. The Kier molecular flexibility index (Phi) is 6.06. The molecule has 1 atom stereocenters. The van der Waals surface area contributed by atoms with E-state index in [1.807, 2.05) is 0 Å². The molecule has 0 amide bonds. The average molecular weight is 183 g/mol. The van der Waals surface area contributed by atoms with Gasteiger partial charge in [0.05, 0.1) is 0 Å². The van der Waals surface area contributed by atoms with Crippen molar-refractivity contribution in [1.82, 2.24) is 5.32 Å². The molecule has 0 rings (SSSR count). The summed E-state index contributed by atoms with van der Waals surface area (Å²) in [5.41, 5.74) is 0.278. The second-order valence-electron chi connectivity index (χ2n) is 4.57. The molecule has 0 saturated heterocycles. The van der Waals surface area contributed by atoms with Crippen LogP contribution in [0.5, 0.6) is 0 Å². The average Bonchev–Trinajstić information content (AvgIpc) is 2.11. The molecule has 1 heteroatoms. The molecule has 0 spiro atoms. The van der Waals surface area contributed by atoms with Gasteiger partial charge in [-0.25, -0.2) is 0 Å². The Labute approximate surface area is 83.6 Å². The van der Waals surface area contributed by atoms with E-state index in [0.29, 0.717) is 0 Å². The van der Waals surface area contributed by atoms with E-state index in [1.165, 1.54) is 12.8 Å². The first kappa shape index (κ1) is 12.7. The summed E-state index contributed by atoms with van der Waals surface area (Å²) >= 11 is 0. The molecule has 0 aliphatic carbocycles. The van der Waals surface area contributed by atoms with Crippen molar-refractivity contribution in [1.29, 1.82) is 0 Å². The summed E-state index contributed by atoms with van der Waals surface area (Å²) in [4.78, 5) is 0. The van der Waals surface area contributed by atoms with Crippen LogP contribution in [0.15, 0.2) is 12.7 Å². The van der Waals surface area contributed by atoms with Crippen LogP contribution in [0.2, 0.25) is 0 Å². The van der Waals surface area contributed by atoms with Crippen LogP contribution in [0.4, 0.5) is 0 Å². The highest BCUT2D eigenvalue weighted by molar-refractivity contribution is 4.92. The predicted octanol–water partition coefficient (Wildman–Crippen LogP) is 3.22. The lowest BCUT2D eigenvalue weighted by atomic mass is 9.83. The Bertz CT molecular complexity index is 140. The fraction of sp³-hybridized carbons (Fsp3) is 0.833. The smallest absolute Gasteiger partial charge is 0.00396 e. The van der Waals surface area contributed by atoms with Crippen molar-refractivity contribution in [2.24, 2.45) is 11.3 Å². The normalized spacial score (nSPS) is 15.8. The van der Waals surface area contributed by atoms with E-state index in [9.17, 15) is 0 Å². The third-order valence-corrected chi connectivity index (χ3v) is 2.56. The highest BCUT2D eigenvalue weighted by atomic mass is 14.9. The Hall–Kier alpha value is -0.300. The third kappa shape index (κ3) is 5.87. The van der Waals surface area contributed by atoms with Gasteiger partial charge in [0, 0.05) is 6.54 Å². The Morgan fingerprint density at radius 2 is 2.08 bits per heavy atom. The lowest BCUT2D eigenvalue weighted by molar-refractivity contribution is 0.335. The quantitative estimate of drug-likeness (QED) is 0.598. The molecule has 13 heavy (non-hydrogen) atoms. The van der Waals surface area contributed by atoms with Gasteiger partial charge < -0.3 is 5.32 Å². The number of hydrogen-bond acceptors (Lipinski definition) is 1. The molecule has 1 N–H and O–H groups in total. The first-order chi connectivity index (χ1) is 6.04. The molecule has 1 unspecified atom stereocenters. The van der Waals surface area contributed by atoms with E-state index < -0.39 is 0 Å². The minimum Gasteiger partial charge on any atom is -0.316 e. The molecular weight excluding hydrogens is 158 g/mol. The second-order valence-corrected chi connectivity index (χ2v) is 4.57. The zero-order chi connectivity index (χ0) is 10.3. The van der Waals surface area contributed by atoms with Crippen molar-refractivity contribution in [2.45, 2.75) is 40.5 Å². The molecule has 0 aromatic heterocycles. The molecule has 78 valence electrons. The van der Waals surface area contributed by atoms with Crippen LogP contribution < -0.4 is 5.32 Å². The fourth-order valence-corrected chi connectivity index (χ4v) is 1.29. The van der Waals surface area contributed by atoms with Gasteiger partial charge >= 0.3 is 0 Å². The van der Waals surface area contributed by atoms with Crippen LogP contribution in [0.1, 0.15) is 40.5 Å². The summed E-state index contributed by atoms with van der Waals surface area (Å²) in [5, 5.41) is 3.39. The molecule has 1 nitrogen and oxygen atoms in total. The minimum atomic E-state index is 0.278. The molecule has 0 aliphatic heterocycles. The van der Waals surface area contributed by atoms with E-state index in [2.05, 4.69) is 45.7 Å². The molecule has 0 fully saturated rings. The molecule has 0 bridgehead atoms. The number of nitrogens with one attached hydrogen (secondary N) is 1. The maximum absolute atomic E-state index is 3.92. The van der Waals surface area contributed by atoms with Gasteiger partial charge in [-0.1, -0.05) is 40.2 Å². The molecule has 0 aromatic carbocycles. The molecule has 0 aliphatic rings. The van der Waals surface area contributed by atoms with Crippen molar-refractivity contribution >= 4 is 0 Å². The molecule has 0 aromatic rings. The monoisotopic (exact) mass is 183 g/mol. The highest BCUT2D eigenvalue weighted by Crippen LogP contribution is 2.25. The maximum atomic E-state index is 3.92. The fourth-order valence-electron chi connectivity index (χ4n) is 1.29. The van der Waals surface area contributed by atoms with Crippen molar-refractivity contribution < 1.29 is 0 Å². The van der Waals surface area contributed by atoms with Crippen LogP contribution in [0, 0.1) is 11.3 Å². The van der Waals surface area contributed by atoms with E-state index >= 15 is 0 Å². The summed E-state index contributed by atoms with van der Waals surface area (Å²) in [6.07, 6.45) is 4.62. The molecule has 0 radical (unpaired) electrons. The van der Waals surface area contributed by atoms with Gasteiger partial charge in [0.1, 0.15) is 0 Å². The zero-order valence-corrected chi connectivity index (χ0v) is 9.69. The van der Waals surface area contributed by atoms with Crippen LogP contribution in [0.25, 0.3) is 0 Å². The Morgan fingerprint density at radius 3 is 2.46 bits per heavy atom. The van der Waals surface area contributed by atoms with Crippen molar-refractivity contribution in [3.05, 3.63) is 12.7 Å². The van der Waals surface area contributed by atoms with Gasteiger partial charge in [-0.15, -0.1) is 6.58 Å². The number of hydrogen-bond donors (Lipinski definition) is 1. The lowest BCUT2D eigenvalue weighted by Gasteiger charge is -2.26. The second kappa shape index (κ2) is 6.20. The first-order valence-electron chi connectivity index (χ1n) is 5.38. The maximum Gasteiger partial charge on any atom is 0.00396 e. The minimum absolute atomic E-state index is 0.278. The zero-order valence-electron chi connectivity index (χ0n) is 9.69. The summed E-state index contributed by atoms with van der Waals surface area (Å²) in [6, 6.07) is 0. The Morgan fingerprint density at radius 1 is 1.46 bits per heavy atom. The van der Waals surface area contributed by atoms with Crippen LogP contribution >= 0.6 is 0 Å². The van der Waals surface area contributed by atoms with Crippen molar-refractivity contribution in [2.75, 3.05) is 13.1 Å². The van der Waals surface area contributed by atoms with Crippen LogP contribution in [-0.2, 0) is 0 Å². The summed E-state index contributed by atoms with van der Waals surface area (Å²) in [7, 11) is 0. The van der Waals surface area contributed by atoms with Gasteiger partial charge in [-0.3, -0.25) is 0 Å². The first-order valence-corrected chi connectivity index (χ1v) is 5.38. The number of rotatable bonds is 7. The largest absolute Gasteiger partial charge is 0.316 e. The van der Waals surface area contributed by atoms with Gasteiger partial charge in [0.25, 0.3) is 0 Å². The van der Waals surface area contributed by atoms with E-state index in [-0.39, 0.29) is 5.41 Å². The van der Waals surface area contributed by atoms with E-state index in [1.54, 1.807) is 0 Å². The molecule has 0 heterocycles. The Balaban J connectivity index is 3.88. The van der Waals surface area contributed by atoms with Gasteiger partial charge in [0.15, 0.2) is 0 Å². The van der Waals surface area contributed by atoms with Gasteiger partial charge in [-0.2, -0.15) is 0 Å². The standard InChI is InChI=1S/C12H25N/c1-6-12(5,10-13-7-2)9-8-11(3)4/h6,11,13H,1,7-10H2,2-5H3. The van der Waals surface area contributed by atoms with Crippen molar-refractivity contribution in [3.63, 3.8) is 0 Å². The molecule has 0 saturated carbocycles. The summed E-state index contributed by atoms with van der Waals surface area (Å²) in [6.45, 7) is 15.0. The van der Waals surface area contributed by atoms with E-state index in [4.69, 9.17) is 0 Å².